The second-order valence-corrected chi connectivity index (χ2v) is 20.2. The molecule has 0 aromatic rings. The molecule has 0 fully saturated rings. The van der Waals surface area contributed by atoms with Crippen LogP contribution in [0.15, 0.2) is 0 Å². The van der Waals surface area contributed by atoms with Gasteiger partial charge in [0.1, 0.15) is 0 Å². The number of halogens is 9. The molecule has 0 radical (unpaired) electrons. The van der Waals surface area contributed by atoms with Crippen LogP contribution >= 0.6 is 0 Å². The Morgan fingerprint density at radius 1 is 0.538 bits per heavy atom. The predicted molar refractivity (Wildman–Crippen MR) is 85.8 cm³/mol. The monoisotopic (exact) mass is 510 g/mol. The van der Waals surface area contributed by atoms with E-state index in [4.69, 9.17) is 0 Å². The molecule has 26 heavy (non-hydrogen) atoms. The first-order valence-electron chi connectivity index (χ1n) is 8.88. The van der Waals surface area contributed by atoms with Crippen LogP contribution in [0.25, 0.3) is 0 Å². The molecule has 158 valence electrons. The van der Waals surface area contributed by atoms with Crippen LogP contribution in [0, 0.1) is 0 Å². The average molecular weight is 509 g/mol. The van der Waals surface area contributed by atoms with E-state index in [2.05, 4.69) is 0 Å². The van der Waals surface area contributed by atoms with Gasteiger partial charge in [0.15, 0.2) is 0 Å². The summed E-state index contributed by atoms with van der Waals surface area (Å²) in [6, 6.07) is 0. The first-order valence-corrected chi connectivity index (χ1v) is 16.4. The molecule has 0 saturated heterocycles. The summed E-state index contributed by atoms with van der Waals surface area (Å²) < 4.78 is 116. The molecule has 0 nitrogen and oxygen atoms in total. The molecule has 0 unspecified atom stereocenters. The number of hydrogen-bond donors (Lipinski definition) is 0. The van der Waals surface area contributed by atoms with Crippen LogP contribution in [0.4, 0.5) is 39.5 Å². The Morgan fingerprint density at radius 3 is 1.08 bits per heavy atom. The van der Waals surface area contributed by atoms with Crippen molar-refractivity contribution >= 4 is 18.4 Å². The van der Waals surface area contributed by atoms with Crippen LogP contribution in [0.1, 0.15) is 59.3 Å². The third-order valence-electron chi connectivity index (χ3n) is 4.84. The van der Waals surface area contributed by atoms with E-state index >= 15 is 0 Å². The minimum absolute atomic E-state index is 0.132. The van der Waals surface area contributed by atoms with Crippen molar-refractivity contribution in [3.05, 3.63) is 0 Å². The van der Waals surface area contributed by atoms with E-state index in [0.717, 1.165) is 0 Å². The molecular weight excluding hydrogens is 482 g/mol. The van der Waals surface area contributed by atoms with Gasteiger partial charge in [-0.15, -0.1) is 0 Å². The normalized spacial score (nSPS) is 14.8. The fourth-order valence-electron chi connectivity index (χ4n) is 3.10. The molecule has 0 atom stereocenters. The molecule has 0 aliphatic carbocycles. The maximum atomic E-state index is 14.9. The van der Waals surface area contributed by atoms with Gasteiger partial charge in [0.2, 0.25) is 0 Å². The fourth-order valence-corrected chi connectivity index (χ4v) is 19.1. The second-order valence-electron chi connectivity index (χ2n) is 6.81. The van der Waals surface area contributed by atoms with Gasteiger partial charge >= 0.3 is 152 Å². The molecule has 0 spiro atoms. The Bertz CT molecular complexity index is 397. The van der Waals surface area contributed by atoms with Crippen LogP contribution in [0.3, 0.4) is 0 Å². The second kappa shape index (κ2) is 9.58. The van der Waals surface area contributed by atoms with Crippen molar-refractivity contribution < 1.29 is 39.5 Å². The Balaban J connectivity index is 6.28. The van der Waals surface area contributed by atoms with Crippen molar-refractivity contribution in [3.63, 3.8) is 0 Å². The quantitative estimate of drug-likeness (QED) is 0.186. The number of hydrogen-bond acceptors (Lipinski definition) is 0. The van der Waals surface area contributed by atoms with Gasteiger partial charge in [-0.05, 0) is 0 Å². The number of rotatable bonds is 12. The molecule has 0 aliphatic heterocycles. The summed E-state index contributed by atoms with van der Waals surface area (Å²) in [5, 5.41) is 0. The molecule has 0 rings (SSSR count). The van der Waals surface area contributed by atoms with E-state index in [9.17, 15) is 39.5 Å². The SMILES string of the molecule is CCC[CH2][Sn]([CH2]CCC)([CH2]CCC)[C](F)(F)C(F)(F)C(F)(F)C(F)(F)F. The Morgan fingerprint density at radius 2 is 0.846 bits per heavy atom. The zero-order valence-electron chi connectivity index (χ0n) is 15.3. The van der Waals surface area contributed by atoms with E-state index in [1.807, 2.05) is 0 Å². The summed E-state index contributed by atoms with van der Waals surface area (Å²) in [4.78, 5) is 0. The Labute approximate surface area is 152 Å². The van der Waals surface area contributed by atoms with Crippen molar-refractivity contribution in [2.24, 2.45) is 0 Å². The topological polar surface area (TPSA) is 0 Å². The fraction of sp³-hybridized carbons (Fsp3) is 1.00. The molecule has 0 N–H and O–H groups in total. The Hall–Kier alpha value is 0.169. The summed E-state index contributed by atoms with van der Waals surface area (Å²) in [7, 11) is 0. The molecule has 0 heterocycles. The summed E-state index contributed by atoms with van der Waals surface area (Å²) >= 11 is -5.43. The first-order chi connectivity index (χ1) is 11.7. The molecular formula is C16H27F9Sn. The van der Waals surface area contributed by atoms with Gasteiger partial charge in [0.25, 0.3) is 0 Å². The summed E-state index contributed by atoms with van der Waals surface area (Å²) in [5.41, 5.74) is 0. The zero-order valence-corrected chi connectivity index (χ0v) is 18.1. The van der Waals surface area contributed by atoms with E-state index in [1.165, 1.54) is 0 Å². The van der Waals surface area contributed by atoms with Crippen molar-refractivity contribution in [2.45, 2.75) is 94.6 Å². The summed E-state index contributed by atoms with van der Waals surface area (Å²) in [6.45, 7) is 4.91. The van der Waals surface area contributed by atoms with Gasteiger partial charge in [-0.2, -0.15) is 0 Å². The Kier molecular flexibility index (Phi) is 9.64. The van der Waals surface area contributed by atoms with E-state index in [-0.39, 0.29) is 32.6 Å². The van der Waals surface area contributed by atoms with E-state index < -0.39 is 40.3 Å². The van der Waals surface area contributed by atoms with Crippen LogP contribution in [0.2, 0.25) is 13.3 Å². The van der Waals surface area contributed by atoms with E-state index in [0.29, 0.717) is 19.3 Å². The van der Waals surface area contributed by atoms with Gasteiger partial charge in [0.05, 0.1) is 0 Å². The standard InChI is InChI=1S/C4F9.3C4H9.Sn/c5-1(6)2(7,8)3(9,10)4(11,12)13;3*1-3-4-2;/h;3*1,3-4H2,2H3;. The van der Waals surface area contributed by atoms with E-state index in [1.54, 1.807) is 20.8 Å². The maximum absolute atomic E-state index is 14.9. The predicted octanol–water partition coefficient (Wildman–Crippen LogP) is 7.84. The van der Waals surface area contributed by atoms with Crippen LogP contribution in [-0.4, -0.2) is 40.3 Å². The van der Waals surface area contributed by atoms with Gasteiger partial charge < -0.3 is 0 Å². The van der Waals surface area contributed by atoms with Crippen LogP contribution in [-0.2, 0) is 0 Å². The number of unbranched alkanes of at least 4 members (excludes halogenated alkanes) is 3. The van der Waals surface area contributed by atoms with Gasteiger partial charge in [-0.25, -0.2) is 0 Å². The molecule has 10 heteroatoms. The van der Waals surface area contributed by atoms with Gasteiger partial charge in [-0.3, -0.25) is 0 Å². The molecule has 0 amide bonds. The van der Waals surface area contributed by atoms with Crippen molar-refractivity contribution in [2.75, 3.05) is 0 Å². The van der Waals surface area contributed by atoms with Gasteiger partial charge in [-0.1, -0.05) is 0 Å². The molecule has 0 aromatic heterocycles. The van der Waals surface area contributed by atoms with Crippen LogP contribution in [0.5, 0.6) is 0 Å². The summed E-state index contributed by atoms with van der Waals surface area (Å²) in [5.74, 6) is -13.2. The molecule has 0 saturated carbocycles. The van der Waals surface area contributed by atoms with Crippen molar-refractivity contribution in [1.82, 2.24) is 0 Å². The number of alkyl halides is 9. The molecule has 0 bridgehead atoms. The third kappa shape index (κ3) is 4.96. The molecule has 0 aromatic carbocycles. The summed E-state index contributed by atoms with van der Waals surface area (Å²) in [6.07, 6.45) is -5.19. The van der Waals surface area contributed by atoms with Crippen LogP contribution < -0.4 is 0 Å². The third-order valence-corrected chi connectivity index (χ3v) is 20.8. The first kappa shape index (κ1) is 26.2. The van der Waals surface area contributed by atoms with Gasteiger partial charge in [0, 0.05) is 0 Å². The van der Waals surface area contributed by atoms with Crippen molar-refractivity contribution in [1.29, 1.82) is 0 Å². The van der Waals surface area contributed by atoms with Crippen molar-refractivity contribution in [3.8, 4) is 0 Å². The molecule has 0 aliphatic rings. The average Bonchev–Trinajstić information content (AvgIpc) is 2.52. The minimum atomic E-state index is -6.77. The zero-order chi connectivity index (χ0) is 20.9.